The summed E-state index contributed by atoms with van der Waals surface area (Å²) in [6.07, 6.45) is -2.81. The zero-order chi connectivity index (χ0) is 17.3. The molecule has 0 N–H and O–H groups in total. The second kappa shape index (κ2) is 6.14. The minimum absolute atomic E-state index is 0.0315. The summed E-state index contributed by atoms with van der Waals surface area (Å²) in [7, 11) is 0. The molecule has 3 rings (SSSR count). The van der Waals surface area contributed by atoms with Gasteiger partial charge in [-0.25, -0.2) is 13.8 Å². The van der Waals surface area contributed by atoms with Gasteiger partial charge in [0.05, 0.1) is 17.2 Å². The Morgan fingerprint density at radius 1 is 1.00 bits per heavy atom. The molecule has 0 aliphatic carbocycles. The predicted octanol–water partition coefficient (Wildman–Crippen LogP) is 4.43. The lowest BCUT2D eigenvalue weighted by molar-refractivity contribution is -0.137. The van der Waals surface area contributed by atoms with Crippen molar-refractivity contribution in [1.29, 1.82) is 0 Å². The fraction of sp³-hybridized carbons (Fsp3) is 0.176. The first-order valence-electron chi connectivity index (χ1n) is 7.07. The van der Waals surface area contributed by atoms with Crippen molar-refractivity contribution in [2.45, 2.75) is 18.6 Å². The van der Waals surface area contributed by atoms with Crippen LogP contribution in [0.5, 0.6) is 0 Å². The molecule has 2 aromatic carbocycles. The van der Waals surface area contributed by atoms with E-state index in [2.05, 4.69) is 9.98 Å². The van der Waals surface area contributed by atoms with Gasteiger partial charge in [-0.2, -0.15) is 13.2 Å². The second-order valence-electron chi connectivity index (χ2n) is 5.30. The van der Waals surface area contributed by atoms with Crippen molar-refractivity contribution < 1.29 is 22.0 Å². The first-order valence-corrected chi connectivity index (χ1v) is 7.07. The third-order valence-electron chi connectivity index (χ3n) is 3.55. The van der Waals surface area contributed by atoms with Gasteiger partial charge in [-0.1, -0.05) is 24.3 Å². The Labute approximate surface area is 134 Å². The number of aliphatic imine (C=N–C) groups is 2. The molecule has 1 heterocycles. The Balaban J connectivity index is 1.80. The predicted molar refractivity (Wildman–Crippen MR) is 80.3 cm³/mol. The number of amidine groups is 1. The molecule has 2 aromatic rings. The topological polar surface area (TPSA) is 24.7 Å². The minimum atomic E-state index is -4.42. The summed E-state index contributed by atoms with van der Waals surface area (Å²) in [4.78, 5) is 8.11. The van der Waals surface area contributed by atoms with Crippen molar-refractivity contribution in [1.82, 2.24) is 0 Å². The van der Waals surface area contributed by atoms with E-state index < -0.39 is 29.4 Å². The van der Waals surface area contributed by atoms with Crippen LogP contribution in [0.3, 0.4) is 0 Å². The van der Waals surface area contributed by atoms with Crippen molar-refractivity contribution in [2.75, 3.05) is 0 Å². The molecule has 0 spiro atoms. The lowest BCUT2D eigenvalue weighted by Gasteiger charge is -2.09. The third-order valence-corrected chi connectivity index (χ3v) is 3.55. The Kier molecular flexibility index (Phi) is 4.17. The monoisotopic (exact) mass is 338 g/mol. The summed E-state index contributed by atoms with van der Waals surface area (Å²) in [6, 6.07) is 8.06. The summed E-state index contributed by atoms with van der Waals surface area (Å²) in [5.74, 6) is -2.02. The quantitative estimate of drug-likeness (QED) is 0.740. The molecule has 0 fully saturated rings. The molecule has 1 atom stereocenters. The van der Waals surface area contributed by atoms with E-state index in [4.69, 9.17) is 0 Å². The standard InChI is InChI=1S/C17H11F5N2/c18-14-6-2-5-13(15(14)19)16-23-9-12(24-16)8-10-3-1-4-11(7-10)17(20,21)22/h1-7,9,12H,8H2. The molecule has 0 bridgehead atoms. The lowest BCUT2D eigenvalue weighted by atomic mass is 10.0. The number of nitrogens with zero attached hydrogens (tertiary/aromatic N) is 2. The summed E-state index contributed by atoms with van der Waals surface area (Å²) < 4.78 is 65.1. The Bertz CT molecular complexity index is 824. The van der Waals surface area contributed by atoms with Crippen LogP contribution in [0.15, 0.2) is 52.4 Å². The molecule has 124 valence electrons. The normalized spacial score (nSPS) is 17.2. The van der Waals surface area contributed by atoms with E-state index in [-0.39, 0.29) is 17.8 Å². The van der Waals surface area contributed by atoms with Gasteiger partial charge in [-0.15, -0.1) is 0 Å². The molecule has 1 aliphatic rings. The van der Waals surface area contributed by atoms with Crippen LogP contribution in [0.2, 0.25) is 0 Å². The third kappa shape index (κ3) is 3.34. The molecule has 0 saturated carbocycles. The van der Waals surface area contributed by atoms with E-state index in [1.54, 1.807) is 6.07 Å². The lowest BCUT2D eigenvalue weighted by Crippen LogP contribution is -2.10. The summed E-state index contributed by atoms with van der Waals surface area (Å²) in [6.45, 7) is 0. The van der Waals surface area contributed by atoms with Gasteiger partial charge in [-0.3, -0.25) is 4.99 Å². The highest BCUT2D eigenvalue weighted by Crippen LogP contribution is 2.30. The van der Waals surface area contributed by atoms with E-state index in [1.807, 2.05) is 0 Å². The van der Waals surface area contributed by atoms with Crippen LogP contribution < -0.4 is 0 Å². The minimum Gasteiger partial charge on any atom is -0.257 e. The zero-order valence-electron chi connectivity index (χ0n) is 12.2. The highest BCUT2D eigenvalue weighted by Gasteiger charge is 2.30. The molecule has 1 aliphatic heterocycles. The van der Waals surface area contributed by atoms with Crippen LogP contribution in [-0.2, 0) is 12.6 Å². The molecule has 0 aromatic heterocycles. The largest absolute Gasteiger partial charge is 0.416 e. The van der Waals surface area contributed by atoms with Crippen molar-refractivity contribution in [2.24, 2.45) is 9.98 Å². The molecule has 1 unspecified atom stereocenters. The average molecular weight is 338 g/mol. The Morgan fingerprint density at radius 3 is 2.50 bits per heavy atom. The molecule has 7 heteroatoms. The van der Waals surface area contributed by atoms with Crippen LogP contribution in [-0.4, -0.2) is 18.1 Å². The molecule has 0 radical (unpaired) electrons. The van der Waals surface area contributed by atoms with Crippen LogP contribution >= 0.6 is 0 Å². The Morgan fingerprint density at radius 2 is 1.75 bits per heavy atom. The first-order chi connectivity index (χ1) is 11.3. The number of benzene rings is 2. The van der Waals surface area contributed by atoms with Crippen LogP contribution in [0, 0.1) is 11.6 Å². The van der Waals surface area contributed by atoms with Crippen molar-refractivity contribution in [3.05, 3.63) is 70.8 Å². The SMILES string of the molecule is Fc1cccc(C2=NC(Cc3cccc(C(F)(F)F)c3)C=N2)c1F. The van der Waals surface area contributed by atoms with Gasteiger partial charge in [-0.05, 0) is 30.2 Å². The Hall–Kier alpha value is -2.57. The van der Waals surface area contributed by atoms with Crippen LogP contribution in [0.1, 0.15) is 16.7 Å². The van der Waals surface area contributed by atoms with Crippen LogP contribution in [0.4, 0.5) is 22.0 Å². The maximum atomic E-state index is 13.7. The highest BCUT2D eigenvalue weighted by molar-refractivity contribution is 6.07. The number of alkyl halides is 3. The molecule has 0 saturated heterocycles. The maximum absolute atomic E-state index is 13.7. The first kappa shape index (κ1) is 16.3. The van der Waals surface area contributed by atoms with Gasteiger partial charge in [0, 0.05) is 6.21 Å². The molecular weight excluding hydrogens is 327 g/mol. The molecule has 0 amide bonds. The van der Waals surface area contributed by atoms with E-state index in [0.717, 1.165) is 18.2 Å². The molecule has 2 nitrogen and oxygen atoms in total. The zero-order valence-corrected chi connectivity index (χ0v) is 12.2. The highest BCUT2D eigenvalue weighted by atomic mass is 19.4. The van der Waals surface area contributed by atoms with E-state index in [1.165, 1.54) is 24.4 Å². The van der Waals surface area contributed by atoms with Gasteiger partial charge in [0.15, 0.2) is 17.5 Å². The summed E-state index contributed by atoms with van der Waals surface area (Å²) >= 11 is 0. The smallest absolute Gasteiger partial charge is 0.257 e. The van der Waals surface area contributed by atoms with Crippen molar-refractivity contribution in [3.8, 4) is 0 Å². The number of rotatable bonds is 3. The van der Waals surface area contributed by atoms with Gasteiger partial charge in [0.2, 0.25) is 0 Å². The summed E-state index contributed by atoms with van der Waals surface area (Å²) in [5.41, 5.74) is -0.376. The van der Waals surface area contributed by atoms with Gasteiger partial charge < -0.3 is 0 Å². The average Bonchev–Trinajstić information content (AvgIpc) is 2.98. The van der Waals surface area contributed by atoms with Crippen LogP contribution in [0.25, 0.3) is 0 Å². The maximum Gasteiger partial charge on any atom is 0.416 e. The fourth-order valence-corrected chi connectivity index (χ4v) is 2.41. The van der Waals surface area contributed by atoms with Gasteiger partial charge >= 0.3 is 6.18 Å². The summed E-state index contributed by atoms with van der Waals surface area (Å²) in [5, 5.41) is 0. The fourth-order valence-electron chi connectivity index (χ4n) is 2.41. The number of hydrogen-bond acceptors (Lipinski definition) is 2. The van der Waals surface area contributed by atoms with E-state index in [0.29, 0.717) is 5.56 Å². The van der Waals surface area contributed by atoms with Gasteiger partial charge in [0.1, 0.15) is 0 Å². The van der Waals surface area contributed by atoms with Crippen molar-refractivity contribution >= 4 is 12.1 Å². The molecule has 24 heavy (non-hydrogen) atoms. The number of halogens is 5. The van der Waals surface area contributed by atoms with Crippen molar-refractivity contribution in [3.63, 3.8) is 0 Å². The van der Waals surface area contributed by atoms with E-state index >= 15 is 0 Å². The molecular formula is C17H11F5N2. The number of hydrogen-bond donors (Lipinski definition) is 0. The van der Waals surface area contributed by atoms with Gasteiger partial charge in [0.25, 0.3) is 0 Å². The van der Waals surface area contributed by atoms with E-state index in [9.17, 15) is 22.0 Å². The second-order valence-corrected chi connectivity index (χ2v) is 5.30.